The molecule has 9 aromatic carbocycles. The highest BCUT2D eigenvalue weighted by molar-refractivity contribution is 6.18. The lowest BCUT2D eigenvalue weighted by Gasteiger charge is -2.21. The molecule has 0 spiro atoms. The standard InChI is InChI=1S/C53H36N2/c1-53(2)45-19-9-7-18-42(45)51-46(53)27-26-41-44-32-37(24-29-50(44)55(52(41)51)47-21-11-15-34-13-5-6-16-39(34)47)36-23-28-49-43(31-36)40-17-8-10-20-48(40)54(49)38-25-22-33-12-3-4-14-35(33)30-38/h3-32H,1-2H3. The Hall–Kier alpha value is -6.90. The van der Waals surface area contributed by atoms with Gasteiger partial charge in [-0.05, 0) is 92.5 Å². The first-order valence-corrected chi connectivity index (χ1v) is 19.3. The molecule has 0 atom stereocenters. The normalized spacial score (nSPS) is 13.4. The van der Waals surface area contributed by atoms with Crippen LogP contribution in [0.15, 0.2) is 182 Å². The van der Waals surface area contributed by atoms with Crippen molar-refractivity contribution in [3.05, 3.63) is 193 Å². The smallest absolute Gasteiger partial charge is 0.0622 e. The van der Waals surface area contributed by atoms with Gasteiger partial charge in [-0.1, -0.05) is 147 Å². The molecule has 0 aliphatic heterocycles. The quantitative estimate of drug-likeness (QED) is 0.174. The van der Waals surface area contributed by atoms with Gasteiger partial charge < -0.3 is 9.13 Å². The molecule has 258 valence electrons. The number of fused-ring (bicyclic) bond motifs is 12. The second-order valence-electron chi connectivity index (χ2n) is 15.7. The van der Waals surface area contributed by atoms with Gasteiger partial charge in [0, 0.05) is 43.6 Å². The molecule has 1 aliphatic rings. The Bertz CT molecular complexity index is 3400. The van der Waals surface area contributed by atoms with Crippen LogP contribution in [0.25, 0.3) is 98.8 Å². The highest BCUT2D eigenvalue weighted by Gasteiger charge is 2.37. The van der Waals surface area contributed by atoms with E-state index in [2.05, 4.69) is 205 Å². The molecule has 2 nitrogen and oxygen atoms in total. The van der Waals surface area contributed by atoms with E-state index in [0.717, 1.165) is 0 Å². The second-order valence-corrected chi connectivity index (χ2v) is 15.7. The van der Waals surface area contributed by atoms with Crippen molar-refractivity contribution in [2.24, 2.45) is 0 Å². The predicted molar refractivity (Wildman–Crippen MR) is 233 cm³/mol. The minimum atomic E-state index is -0.0905. The van der Waals surface area contributed by atoms with E-state index in [1.165, 1.54) is 110 Å². The van der Waals surface area contributed by atoms with Crippen molar-refractivity contribution in [3.63, 3.8) is 0 Å². The zero-order valence-corrected chi connectivity index (χ0v) is 30.7. The van der Waals surface area contributed by atoms with Crippen LogP contribution in [-0.4, -0.2) is 9.13 Å². The molecule has 0 amide bonds. The van der Waals surface area contributed by atoms with E-state index in [-0.39, 0.29) is 5.41 Å². The number of para-hydroxylation sites is 1. The van der Waals surface area contributed by atoms with Crippen molar-refractivity contribution in [1.82, 2.24) is 9.13 Å². The predicted octanol–water partition coefficient (Wildman–Crippen LogP) is 14.2. The van der Waals surface area contributed by atoms with Crippen LogP contribution in [0.5, 0.6) is 0 Å². The van der Waals surface area contributed by atoms with Crippen LogP contribution in [0.1, 0.15) is 25.0 Å². The van der Waals surface area contributed by atoms with E-state index in [4.69, 9.17) is 0 Å². The van der Waals surface area contributed by atoms with Crippen molar-refractivity contribution >= 4 is 65.2 Å². The van der Waals surface area contributed by atoms with Crippen molar-refractivity contribution in [3.8, 4) is 33.6 Å². The first-order valence-electron chi connectivity index (χ1n) is 19.3. The molecule has 0 radical (unpaired) electrons. The van der Waals surface area contributed by atoms with Crippen LogP contribution in [0.3, 0.4) is 0 Å². The molecule has 0 N–H and O–H groups in total. The Morgan fingerprint density at radius 1 is 0.382 bits per heavy atom. The summed E-state index contributed by atoms with van der Waals surface area (Å²) in [4.78, 5) is 0. The van der Waals surface area contributed by atoms with Crippen LogP contribution in [0.4, 0.5) is 0 Å². The zero-order valence-electron chi connectivity index (χ0n) is 30.7. The van der Waals surface area contributed by atoms with E-state index in [0.29, 0.717) is 0 Å². The van der Waals surface area contributed by atoms with E-state index in [1.54, 1.807) is 0 Å². The van der Waals surface area contributed by atoms with Gasteiger partial charge in [-0.25, -0.2) is 0 Å². The van der Waals surface area contributed by atoms with Crippen LogP contribution in [0, 0.1) is 0 Å². The fourth-order valence-electron chi connectivity index (χ4n) is 9.87. The van der Waals surface area contributed by atoms with Crippen LogP contribution < -0.4 is 0 Å². The van der Waals surface area contributed by atoms with Gasteiger partial charge in [0.1, 0.15) is 0 Å². The third-order valence-corrected chi connectivity index (χ3v) is 12.5. The summed E-state index contributed by atoms with van der Waals surface area (Å²) in [6.07, 6.45) is 0. The number of hydrogen-bond acceptors (Lipinski definition) is 0. The summed E-state index contributed by atoms with van der Waals surface area (Å²) in [5.41, 5.74) is 15.1. The molecule has 0 bridgehead atoms. The number of aromatic nitrogens is 2. The Labute approximate surface area is 319 Å². The average molecular weight is 701 g/mol. The number of nitrogens with zero attached hydrogens (tertiary/aromatic N) is 2. The summed E-state index contributed by atoms with van der Waals surface area (Å²) in [6, 6.07) is 67.6. The molecule has 2 heteroatoms. The maximum atomic E-state index is 2.55. The van der Waals surface area contributed by atoms with Crippen molar-refractivity contribution < 1.29 is 0 Å². The van der Waals surface area contributed by atoms with E-state index in [9.17, 15) is 0 Å². The minimum absolute atomic E-state index is 0.0905. The van der Waals surface area contributed by atoms with E-state index in [1.807, 2.05) is 0 Å². The summed E-state index contributed by atoms with van der Waals surface area (Å²) in [6.45, 7) is 4.75. The molecule has 2 heterocycles. The van der Waals surface area contributed by atoms with E-state index < -0.39 is 0 Å². The highest BCUT2D eigenvalue weighted by Crippen LogP contribution is 2.53. The average Bonchev–Trinajstić information content (AvgIpc) is 3.83. The third kappa shape index (κ3) is 4.20. The Balaban J connectivity index is 1.12. The molecule has 1 aliphatic carbocycles. The van der Waals surface area contributed by atoms with Gasteiger partial charge in [0.15, 0.2) is 0 Å². The summed E-state index contributed by atoms with van der Waals surface area (Å²) >= 11 is 0. The Morgan fingerprint density at radius 2 is 1.02 bits per heavy atom. The molecule has 0 saturated heterocycles. The molecule has 2 aromatic heterocycles. The summed E-state index contributed by atoms with van der Waals surface area (Å²) in [7, 11) is 0. The lowest BCUT2D eigenvalue weighted by atomic mass is 9.82. The molecule has 11 aromatic rings. The SMILES string of the molecule is CC1(C)c2ccccc2-c2c1ccc1c3cc(-c4ccc5c(c4)c4ccccc4n5-c4ccc5ccccc5c4)ccc3n(-c3cccc4ccccc34)c21. The summed E-state index contributed by atoms with van der Waals surface area (Å²) in [5, 5.41) is 10.1. The van der Waals surface area contributed by atoms with Crippen LogP contribution >= 0.6 is 0 Å². The molecule has 12 rings (SSSR count). The summed E-state index contributed by atoms with van der Waals surface area (Å²) < 4.78 is 4.97. The minimum Gasteiger partial charge on any atom is -0.309 e. The topological polar surface area (TPSA) is 9.86 Å². The highest BCUT2D eigenvalue weighted by atomic mass is 15.0. The molecule has 55 heavy (non-hydrogen) atoms. The van der Waals surface area contributed by atoms with Crippen LogP contribution in [0.2, 0.25) is 0 Å². The Kier molecular flexibility index (Phi) is 6.15. The second kappa shape index (κ2) is 11.1. The molecular formula is C53H36N2. The largest absolute Gasteiger partial charge is 0.309 e. The van der Waals surface area contributed by atoms with Crippen LogP contribution in [-0.2, 0) is 5.41 Å². The first kappa shape index (κ1) is 30.6. The lowest BCUT2D eigenvalue weighted by molar-refractivity contribution is 0.661. The van der Waals surface area contributed by atoms with Gasteiger partial charge in [0.05, 0.1) is 27.8 Å². The van der Waals surface area contributed by atoms with Crippen molar-refractivity contribution in [2.75, 3.05) is 0 Å². The van der Waals surface area contributed by atoms with Gasteiger partial charge in [0.25, 0.3) is 0 Å². The maximum Gasteiger partial charge on any atom is 0.0622 e. The fraction of sp³-hybridized carbons (Fsp3) is 0.0566. The maximum absolute atomic E-state index is 2.55. The van der Waals surface area contributed by atoms with Crippen molar-refractivity contribution in [1.29, 1.82) is 0 Å². The fourth-order valence-corrected chi connectivity index (χ4v) is 9.87. The van der Waals surface area contributed by atoms with E-state index >= 15 is 0 Å². The zero-order chi connectivity index (χ0) is 36.4. The molecule has 0 unspecified atom stereocenters. The lowest BCUT2D eigenvalue weighted by Crippen LogP contribution is -2.14. The molecule has 0 fully saturated rings. The number of rotatable bonds is 3. The van der Waals surface area contributed by atoms with Gasteiger partial charge >= 0.3 is 0 Å². The first-order chi connectivity index (χ1) is 27.0. The molecule has 0 saturated carbocycles. The Morgan fingerprint density at radius 3 is 1.85 bits per heavy atom. The number of hydrogen-bond donors (Lipinski definition) is 0. The van der Waals surface area contributed by atoms with Crippen molar-refractivity contribution in [2.45, 2.75) is 19.3 Å². The van der Waals surface area contributed by atoms with Gasteiger partial charge in [-0.2, -0.15) is 0 Å². The third-order valence-electron chi connectivity index (χ3n) is 12.5. The van der Waals surface area contributed by atoms with Gasteiger partial charge in [-0.15, -0.1) is 0 Å². The summed E-state index contributed by atoms with van der Waals surface area (Å²) in [5.74, 6) is 0. The monoisotopic (exact) mass is 700 g/mol. The van der Waals surface area contributed by atoms with Gasteiger partial charge in [-0.3, -0.25) is 0 Å². The molecular weight excluding hydrogens is 665 g/mol. The van der Waals surface area contributed by atoms with Gasteiger partial charge in [0.2, 0.25) is 0 Å². The number of benzene rings is 9.